The summed E-state index contributed by atoms with van der Waals surface area (Å²) in [6.45, 7) is 6.21. The molecule has 0 aliphatic carbocycles. The Morgan fingerprint density at radius 2 is 1.88 bits per heavy atom. The SMILES string of the molecule is CCCNC(=O)C1CCN([C@@H](C)C(=O)Nc2ccc(Cl)cc2)CC1. The van der Waals surface area contributed by atoms with Gasteiger partial charge in [0.05, 0.1) is 6.04 Å². The van der Waals surface area contributed by atoms with Crippen molar-refractivity contribution in [3.05, 3.63) is 29.3 Å². The van der Waals surface area contributed by atoms with E-state index in [1.165, 1.54) is 0 Å². The summed E-state index contributed by atoms with van der Waals surface area (Å²) in [6, 6.07) is 6.86. The van der Waals surface area contributed by atoms with Gasteiger partial charge in [0.25, 0.3) is 0 Å². The van der Waals surface area contributed by atoms with Gasteiger partial charge in [-0.25, -0.2) is 0 Å². The highest BCUT2D eigenvalue weighted by atomic mass is 35.5. The highest BCUT2D eigenvalue weighted by Crippen LogP contribution is 2.20. The summed E-state index contributed by atoms with van der Waals surface area (Å²) in [5.74, 6) is 0.181. The number of carbonyl (C=O) groups is 2. The molecule has 2 N–H and O–H groups in total. The van der Waals surface area contributed by atoms with Crippen molar-refractivity contribution in [1.82, 2.24) is 10.2 Å². The second-order valence-corrected chi connectivity index (χ2v) is 6.71. The molecule has 0 saturated carbocycles. The average molecular weight is 352 g/mol. The predicted octanol–water partition coefficient (Wildman–Crippen LogP) is 2.91. The maximum Gasteiger partial charge on any atom is 0.241 e. The lowest BCUT2D eigenvalue weighted by Crippen LogP contribution is -2.48. The first-order chi connectivity index (χ1) is 11.5. The summed E-state index contributed by atoms with van der Waals surface area (Å²) in [6.07, 6.45) is 2.55. The topological polar surface area (TPSA) is 61.4 Å². The number of likely N-dealkylation sites (tertiary alicyclic amines) is 1. The predicted molar refractivity (Wildman–Crippen MR) is 97.1 cm³/mol. The summed E-state index contributed by atoms with van der Waals surface area (Å²) in [4.78, 5) is 26.5. The smallest absolute Gasteiger partial charge is 0.241 e. The Labute approximate surface area is 148 Å². The van der Waals surface area contributed by atoms with Gasteiger partial charge in [-0.15, -0.1) is 0 Å². The van der Waals surface area contributed by atoms with Crippen LogP contribution in [0.2, 0.25) is 5.02 Å². The number of anilines is 1. The number of halogens is 1. The Morgan fingerprint density at radius 1 is 1.25 bits per heavy atom. The summed E-state index contributed by atoms with van der Waals surface area (Å²) < 4.78 is 0. The molecule has 24 heavy (non-hydrogen) atoms. The molecular formula is C18H26ClN3O2. The molecule has 1 aromatic carbocycles. The molecule has 6 heteroatoms. The van der Waals surface area contributed by atoms with Crippen LogP contribution in [-0.2, 0) is 9.59 Å². The zero-order chi connectivity index (χ0) is 17.5. The van der Waals surface area contributed by atoms with Crippen LogP contribution in [0.3, 0.4) is 0 Å². The largest absolute Gasteiger partial charge is 0.356 e. The van der Waals surface area contributed by atoms with E-state index in [1.807, 2.05) is 13.8 Å². The zero-order valence-corrected chi connectivity index (χ0v) is 15.1. The molecule has 0 aromatic heterocycles. The maximum atomic E-state index is 12.4. The standard InChI is InChI=1S/C18H26ClN3O2/c1-3-10-20-18(24)14-8-11-22(12-9-14)13(2)17(23)21-16-6-4-15(19)5-7-16/h4-7,13-14H,3,8-12H2,1-2H3,(H,20,24)(H,21,23)/t13-/m0/s1. The van der Waals surface area contributed by atoms with E-state index in [1.54, 1.807) is 24.3 Å². The summed E-state index contributed by atoms with van der Waals surface area (Å²) in [5, 5.41) is 6.51. The Kier molecular flexibility index (Phi) is 7.06. The molecule has 2 amide bonds. The van der Waals surface area contributed by atoms with Gasteiger partial charge in [-0.05, 0) is 63.5 Å². The third-order valence-electron chi connectivity index (χ3n) is 4.49. The third-order valence-corrected chi connectivity index (χ3v) is 4.74. The van der Waals surface area contributed by atoms with Gasteiger partial charge in [0.2, 0.25) is 11.8 Å². The van der Waals surface area contributed by atoms with Crippen molar-refractivity contribution in [1.29, 1.82) is 0 Å². The maximum absolute atomic E-state index is 12.4. The molecule has 0 bridgehead atoms. The van der Waals surface area contributed by atoms with Gasteiger partial charge in [-0.2, -0.15) is 0 Å². The zero-order valence-electron chi connectivity index (χ0n) is 14.3. The van der Waals surface area contributed by atoms with Crippen molar-refractivity contribution in [2.75, 3.05) is 25.0 Å². The monoisotopic (exact) mass is 351 g/mol. The van der Waals surface area contributed by atoms with E-state index in [9.17, 15) is 9.59 Å². The molecule has 1 aliphatic rings. The molecule has 1 aliphatic heterocycles. The normalized spacial score (nSPS) is 17.3. The molecule has 2 rings (SSSR count). The van der Waals surface area contributed by atoms with Crippen LogP contribution in [0.5, 0.6) is 0 Å². The first-order valence-corrected chi connectivity index (χ1v) is 8.97. The molecule has 0 unspecified atom stereocenters. The number of nitrogens with zero attached hydrogens (tertiary/aromatic N) is 1. The van der Waals surface area contributed by atoms with Crippen LogP contribution in [0.25, 0.3) is 0 Å². The van der Waals surface area contributed by atoms with Crippen LogP contribution in [0.4, 0.5) is 5.69 Å². The van der Waals surface area contributed by atoms with Crippen molar-refractivity contribution >= 4 is 29.1 Å². The number of nitrogens with one attached hydrogen (secondary N) is 2. The second-order valence-electron chi connectivity index (χ2n) is 6.27. The number of rotatable bonds is 6. The first kappa shape index (κ1) is 18.7. The number of benzene rings is 1. The Balaban J connectivity index is 1.81. The van der Waals surface area contributed by atoms with Gasteiger partial charge in [0.1, 0.15) is 0 Å². The fourth-order valence-electron chi connectivity index (χ4n) is 2.89. The first-order valence-electron chi connectivity index (χ1n) is 8.59. The number of piperidine rings is 1. The summed E-state index contributed by atoms with van der Waals surface area (Å²) in [7, 11) is 0. The van der Waals surface area contributed by atoms with Crippen LogP contribution in [0.1, 0.15) is 33.1 Å². The van der Waals surface area contributed by atoms with Crippen molar-refractivity contribution in [2.24, 2.45) is 5.92 Å². The molecular weight excluding hydrogens is 326 g/mol. The average Bonchev–Trinajstić information content (AvgIpc) is 2.61. The second kappa shape index (κ2) is 9.04. The number of hydrogen-bond acceptors (Lipinski definition) is 3. The van der Waals surface area contributed by atoms with Gasteiger partial charge >= 0.3 is 0 Å². The molecule has 1 atom stereocenters. The minimum atomic E-state index is -0.222. The molecule has 1 saturated heterocycles. The van der Waals surface area contributed by atoms with Crippen LogP contribution in [0.15, 0.2) is 24.3 Å². The van der Waals surface area contributed by atoms with Gasteiger partial charge in [0, 0.05) is 23.2 Å². The summed E-state index contributed by atoms with van der Waals surface area (Å²) >= 11 is 5.85. The fraction of sp³-hybridized carbons (Fsp3) is 0.556. The quantitative estimate of drug-likeness (QED) is 0.828. The Hall–Kier alpha value is -1.59. The van der Waals surface area contributed by atoms with E-state index in [4.69, 9.17) is 11.6 Å². The van der Waals surface area contributed by atoms with Crippen LogP contribution < -0.4 is 10.6 Å². The lowest BCUT2D eigenvalue weighted by Gasteiger charge is -2.34. The lowest BCUT2D eigenvalue weighted by atomic mass is 9.95. The van der Waals surface area contributed by atoms with Crippen molar-refractivity contribution in [2.45, 2.75) is 39.2 Å². The van der Waals surface area contributed by atoms with E-state index in [-0.39, 0.29) is 23.8 Å². The summed E-state index contributed by atoms with van der Waals surface area (Å²) in [5.41, 5.74) is 0.741. The molecule has 1 heterocycles. The molecule has 5 nitrogen and oxygen atoms in total. The van der Waals surface area contributed by atoms with E-state index in [0.29, 0.717) is 5.02 Å². The van der Waals surface area contributed by atoms with Crippen LogP contribution in [-0.4, -0.2) is 42.4 Å². The molecule has 0 spiro atoms. The van der Waals surface area contributed by atoms with Gasteiger partial charge in [0.15, 0.2) is 0 Å². The highest BCUT2D eigenvalue weighted by molar-refractivity contribution is 6.30. The van der Waals surface area contributed by atoms with Crippen LogP contribution >= 0.6 is 11.6 Å². The number of hydrogen-bond donors (Lipinski definition) is 2. The Bertz CT molecular complexity index is 554. The van der Waals surface area contributed by atoms with Crippen LogP contribution in [0, 0.1) is 5.92 Å². The Morgan fingerprint density at radius 3 is 2.46 bits per heavy atom. The number of carbonyl (C=O) groups excluding carboxylic acids is 2. The molecule has 1 aromatic rings. The fourth-order valence-corrected chi connectivity index (χ4v) is 3.01. The van der Waals surface area contributed by atoms with E-state index >= 15 is 0 Å². The lowest BCUT2D eigenvalue weighted by molar-refractivity contribution is -0.127. The van der Waals surface area contributed by atoms with Crippen molar-refractivity contribution < 1.29 is 9.59 Å². The van der Waals surface area contributed by atoms with Gasteiger partial charge in [-0.3, -0.25) is 14.5 Å². The van der Waals surface area contributed by atoms with Crippen molar-refractivity contribution in [3.8, 4) is 0 Å². The molecule has 132 valence electrons. The van der Waals surface area contributed by atoms with E-state index < -0.39 is 0 Å². The molecule has 1 fully saturated rings. The molecule has 0 radical (unpaired) electrons. The third kappa shape index (κ3) is 5.21. The van der Waals surface area contributed by atoms with Gasteiger partial charge in [-0.1, -0.05) is 18.5 Å². The minimum absolute atomic E-state index is 0.0359. The number of amides is 2. The van der Waals surface area contributed by atoms with Crippen molar-refractivity contribution in [3.63, 3.8) is 0 Å². The van der Waals surface area contributed by atoms with Gasteiger partial charge < -0.3 is 10.6 Å². The van der Waals surface area contributed by atoms with E-state index in [2.05, 4.69) is 15.5 Å². The van der Waals surface area contributed by atoms with E-state index in [0.717, 1.165) is 44.6 Å². The minimum Gasteiger partial charge on any atom is -0.356 e. The highest BCUT2D eigenvalue weighted by Gasteiger charge is 2.29.